The van der Waals surface area contributed by atoms with E-state index in [0.29, 0.717) is 56.9 Å². The highest BCUT2D eigenvalue weighted by Crippen LogP contribution is 2.38. The van der Waals surface area contributed by atoms with Crippen LogP contribution >= 0.6 is 0 Å². The van der Waals surface area contributed by atoms with Crippen molar-refractivity contribution >= 4 is 47.3 Å². The number of hydrogen-bond acceptors (Lipinski definition) is 8. The number of primary amides is 1. The number of urea groups is 1. The minimum atomic E-state index is -0.993. The van der Waals surface area contributed by atoms with Crippen LogP contribution in [0.2, 0.25) is 0 Å². The lowest BCUT2D eigenvalue weighted by Crippen LogP contribution is -2.54. The van der Waals surface area contributed by atoms with E-state index in [2.05, 4.69) is 28.2 Å². The number of benzene rings is 1. The van der Waals surface area contributed by atoms with Crippen molar-refractivity contribution in [2.24, 2.45) is 28.9 Å². The maximum absolute atomic E-state index is 13.5. The Bertz CT molecular complexity index is 1480. The topological polar surface area (TPSA) is 209 Å². The molecule has 0 aliphatic carbocycles. The molecule has 8 amide bonds. The van der Waals surface area contributed by atoms with Gasteiger partial charge in [0.15, 0.2) is 0 Å². The zero-order chi connectivity index (χ0) is 40.0. The molecule has 54 heavy (non-hydrogen) atoms. The van der Waals surface area contributed by atoms with Gasteiger partial charge in [-0.3, -0.25) is 28.9 Å². The lowest BCUT2D eigenvalue weighted by Gasteiger charge is -2.28. The molecule has 2 heterocycles. The van der Waals surface area contributed by atoms with Gasteiger partial charge in [0.1, 0.15) is 18.7 Å². The van der Waals surface area contributed by atoms with Gasteiger partial charge in [-0.2, -0.15) is 0 Å². The smallest absolute Gasteiger partial charge is 0.410 e. The number of anilines is 1. The van der Waals surface area contributed by atoms with E-state index < -0.39 is 29.9 Å². The summed E-state index contributed by atoms with van der Waals surface area (Å²) in [6.07, 6.45) is 4.01. The number of rotatable bonds is 20. The molecule has 0 spiro atoms. The van der Waals surface area contributed by atoms with Crippen LogP contribution in [0.4, 0.5) is 15.3 Å². The van der Waals surface area contributed by atoms with Crippen molar-refractivity contribution in [2.45, 2.75) is 118 Å². The van der Waals surface area contributed by atoms with Gasteiger partial charge in [-0.25, -0.2) is 9.59 Å². The van der Waals surface area contributed by atoms with Crippen molar-refractivity contribution in [1.29, 1.82) is 0 Å². The van der Waals surface area contributed by atoms with Crippen molar-refractivity contribution in [3.05, 3.63) is 29.8 Å². The number of carbonyl (C=O) groups excluding carboxylic acids is 7. The van der Waals surface area contributed by atoms with Crippen LogP contribution in [0.3, 0.4) is 0 Å². The average Bonchev–Trinajstić information content (AvgIpc) is 3.69. The van der Waals surface area contributed by atoms with E-state index in [9.17, 15) is 33.6 Å². The van der Waals surface area contributed by atoms with Crippen LogP contribution in [0.5, 0.6) is 0 Å². The Morgan fingerprint density at radius 1 is 0.981 bits per heavy atom. The third-order valence-electron chi connectivity index (χ3n) is 10.5. The molecule has 1 aromatic carbocycles. The fourth-order valence-electron chi connectivity index (χ4n) is 6.59. The zero-order valence-corrected chi connectivity index (χ0v) is 32.8. The van der Waals surface area contributed by atoms with Gasteiger partial charge in [-0.15, -0.1) is 0 Å². The molecule has 6 N–H and O–H groups in total. The Morgan fingerprint density at radius 2 is 1.69 bits per heavy atom. The van der Waals surface area contributed by atoms with Gasteiger partial charge in [0.2, 0.25) is 29.5 Å². The molecule has 0 aromatic heterocycles. The molecule has 0 radical (unpaired) electrons. The number of likely N-dealkylation sites (tertiary alicyclic amines) is 2. The Balaban J connectivity index is 1.51. The van der Waals surface area contributed by atoms with Gasteiger partial charge < -0.3 is 36.6 Å². The van der Waals surface area contributed by atoms with Gasteiger partial charge in [0.25, 0.3) is 0 Å². The summed E-state index contributed by atoms with van der Waals surface area (Å²) in [4.78, 5) is 91.8. The summed E-state index contributed by atoms with van der Waals surface area (Å²) in [6, 6.07) is 4.21. The van der Waals surface area contributed by atoms with E-state index in [-0.39, 0.29) is 73.5 Å². The number of unbranched alkanes of at least 4 members (excludes halogenated alkanes) is 2. The third kappa shape index (κ3) is 13.3. The van der Waals surface area contributed by atoms with E-state index in [1.165, 1.54) is 4.90 Å². The lowest BCUT2D eigenvalue weighted by molar-refractivity contribution is -0.140. The predicted molar refractivity (Wildman–Crippen MR) is 203 cm³/mol. The normalized spacial score (nSPS) is 18.4. The number of nitrogens with one attached hydrogen (secondary N) is 4. The minimum Gasteiger partial charge on any atom is -0.445 e. The Hall–Kier alpha value is -4.69. The van der Waals surface area contributed by atoms with Crippen LogP contribution in [0.15, 0.2) is 24.3 Å². The number of ether oxygens (including phenoxy) is 1. The Morgan fingerprint density at radius 3 is 2.30 bits per heavy atom. The van der Waals surface area contributed by atoms with E-state index >= 15 is 0 Å². The second kappa shape index (κ2) is 20.7. The highest BCUT2D eigenvalue weighted by atomic mass is 16.6. The van der Waals surface area contributed by atoms with Crippen LogP contribution in [0, 0.1) is 23.2 Å². The van der Waals surface area contributed by atoms with Gasteiger partial charge in [-0.1, -0.05) is 66.5 Å². The van der Waals surface area contributed by atoms with Crippen molar-refractivity contribution in [2.75, 3.05) is 31.5 Å². The molecular weight excluding hydrogens is 694 g/mol. The van der Waals surface area contributed by atoms with Crippen molar-refractivity contribution < 1.29 is 38.3 Å². The molecular formula is C39H61N7O8. The van der Waals surface area contributed by atoms with Gasteiger partial charge in [0, 0.05) is 44.7 Å². The summed E-state index contributed by atoms with van der Waals surface area (Å²) in [6.45, 7) is 13.7. The first kappa shape index (κ1) is 43.7. The van der Waals surface area contributed by atoms with E-state index in [0.717, 1.165) is 18.4 Å². The number of imide groups is 1. The second-order valence-electron chi connectivity index (χ2n) is 15.7. The molecule has 2 saturated heterocycles. The minimum absolute atomic E-state index is 0.0878. The first-order valence-electron chi connectivity index (χ1n) is 19.3. The summed E-state index contributed by atoms with van der Waals surface area (Å²) < 4.78 is 5.44. The Kier molecular flexibility index (Phi) is 16.7. The molecule has 1 aromatic rings. The van der Waals surface area contributed by atoms with E-state index in [4.69, 9.17) is 10.5 Å². The number of nitrogens with two attached hydrogens (primary N) is 1. The highest BCUT2D eigenvalue weighted by Gasteiger charge is 2.45. The molecule has 300 valence electrons. The summed E-state index contributed by atoms with van der Waals surface area (Å²) in [5, 5.41) is 10.9. The SMILES string of the molecule is CCC(C)(C)C1CC(=O)N(CCCCCC(=O)N[C@H](C(=O)N[C@@H](CCCNC(N)=O)C(=O)Nc2ccc(COC(=O)N3CC[C@H](C)C3)cc2)C(C)C)C1=O. The highest BCUT2D eigenvalue weighted by molar-refractivity contribution is 6.04. The molecule has 1 unspecified atom stereocenters. The molecule has 2 aliphatic rings. The average molecular weight is 756 g/mol. The first-order valence-corrected chi connectivity index (χ1v) is 19.3. The Labute approximate surface area is 319 Å². The first-order chi connectivity index (χ1) is 25.5. The standard InChI is InChI=1S/C39H61N7O8/c1-7-39(5,6)29-22-32(48)46(36(29)51)20-10-8-9-13-31(47)44-33(25(2)3)35(50)43-30(12-11-19-41-37(40)52)34(49)42-28-16-14-27(15-17-28)24-54-38(53)45-21-18-26(4)23-45/h14-17,25-26,29-30,33H,7-13,18-24H2,1-6H3,(H,42,49)(H,43,50)(H,44,47)(H3,40,41,52)/t26-,29?,30-,33-/m0/s1. The maximum Gasteiger partial charge on any atom is 0.410 e. The fraction of sp³-hybridized carbons (Fsp3) is 0.667. The second-order valence-corrected chi connectivity index (χ2v) is 15.7. The van der Waals surface area contributed by atoms with E-state index in [1.54, 1.807) is 43.0 Å². The number of hydrogen-bond donors (Lipinski definition) is 5. The van der Waals surface area contributed by atoms with Crippen molar-refractivity contribution in [3.8, 4) is 0 Å². The molecule has 2 fully saturated rings. The quantitative estimate of drug-likeness (QED) is 0.0967. The summed E-state index contributed by atoms with van der Waals surface area (Å²) >= 11 is 0. The molecule has 4 atom stereocenters. The predicted octanol–water partition coefficient (Wildman–Crippen LogP) is 4.05. The largest absolute Gasteiger partial charge is 0.445 e. The van der Waals surface area contributed by atoms with Crippen molar-refractivity contribution in [3.63, 3.8) is 0 Å². The van der Waals surface area contributed by atoms with Crippen LogP contribution in [-0.2, 0) is 35.3 Å². The number of carbonyl (C=O) groups is 7. The maximum atomic E-state index is 13.5. The zero-order valence-electron chi connectivity index (χ0n) is 32.8. The fourth-order valence-corrected chi connectivity index (χ4v) is 6.59. The summed E-state index contributed by atoms with van der Waals surface area (Å²) in [5.74, 6) is -1.76. The number of amides is 8. The van der Waals surface area contributed by atoms with Crippen LogP contribution in [-0.4, -0.2) is 89.7 Å². The molecule has 15 heteroatoms. The van der Waals surface area contributed by atoms with Crippen LogP contribution < -0.4 is 27.0 Å². The summed E-state index contributed by atoms with van der Waals surface area (Å²) in [5.41, 5.74) is 6.14. The molecule has 2 aliphatic heterocycles. The van der Waals surface area contributed by atoms with Crippen molar-refractivity contribution in [1.82, 2.24) is 25.8 Å². The lowest BCUT2D eigenvalue weighted by atomic mass is 9.76. The van der Waals surface area contributed by atoms with E-state index in [1.807, 2.05) is 20.8 Å². The van der Waals surface area contributed by atoms with Gasteiger partial charge in [-0.05, 0) is 67.1 Å². The van der Waals surface area contributed by atoms with Crippen LogP contribution in [0.25, 0.3) is 0 Å². The molecule has 15 nitrogen and oxygen atoms in total. The third-order valence-corrected chi connectivity index (χ3v) is 10.5. The van der Waals surface area contributed by atoms with Gasteiger partial charge in [0.05, 0.1) is 5.92 Å². The van der Waals surface area contributed by atoms with Gasteiger partial charge >= 0.3 is 12.1 Å². The summed E-state index contributed by atoms with van der Waals surface area (Å²) in [7, 11) is 0. The van der Waals surface area contributed by atoms with Crippen LogP contribution in [0.1, 0.15) is 105 Å². The molecule has 0 saturated carbocycles. The number of nitrogens with zero attached hydrogens (tertiary/aromatic N) is 2. The molecule has 3 rings (SSSR count). The molecule has 0 bridgehead atoms. The monoisotopic (exact) mass is 755 g/mol.